The summed E-state index contributed by atoms with van der Waals surface area (Å²) in [5, 5.41) is 0. The summed E-state index contributed by atoms with van der Waals surface area (Å²) >= 11 is 1.84. The van der Waals surface area contributed by atoms with Crippen molar-refractivity contribution in [3.05, 3.63) is 29.3 Å². The van der Waals surface area contributed by atoms with E-state index in [1.165, 1.54) is 16.0 Å². The van der Waals surface area contributed by atoms with Crippen LogP contribution in [0.25, 0.3) is 0 Å². The van der Waals surface area contributed by atoms with Crippen molar-refractivity contribution < 1.29 is 0 Å². The molecule has 0 saturated heterocycles. The predicted molar refractivity (Wildman–Crippen MR) is 58.2 cm³/mol. The lowest BCUT2D eigenvalue weighted by atomic mass is 9.89. The van der Waals surface area contributed by atoms with Gasteiger partial charge in [-0.25, -0.2) is 0 Å². The highest BCUT2D eigenvalue weighted by molar-refractivity contribution is 7.98. The molecular weight excluding hydrogens is 178 g/mol. The average Bonchev–Trinajstić information content (AvgIpc) is 2.16. The van der Waals surface area contributed by atoms with Crippen LogP contribution in [0.15, 0.2) is 23.1 Å². The minimum Gasteiger partial charge on any atom is -0.327 e. The van der Waals surface area contributed by atoms with E-state index in [1.807, 2.05) is 11.8 Å². The Morgan fingerprint density at radius 3 is 3.08 bits per heavy atom. The van der Waals surface area contributed by atoms with Gasteiger partial charge < -0.3 is 5.73 Å². The Morgan fingerprint density at radius 1 is 1.46 bits per heavy atom. The summed E-state index contributed by atoms with van der Waals surface area (Å²) in [7, 11) is 0. The van der Waals surface area contributed by atoms with Gasteiger partial charge in [0, 0.05) is 10.9 Å². The van der Waals surface area contributed by atoms with Crippen molar-refractivity contribution in [1.29, 1.82) is 0 Å². The third kappa shape index (κ3) is 1.74. The van der Waals surface area contributed by atoms with Gasteiger partial charge >= 0.3 is 0 Å². The Hall–Kier alpha value is -0.470. The summed E-state index contributed by atoms with van der Waals surface area (Å²) in [5.74, 6) is 0. The van der Waals surface area contributed by atoms with Gasteiger partial charge in [0.2, 0.25) is 0 Å². The van der Waals surface area contributed by atoms with Crippen LogP contribution in [0.2, 0.25) is 0 Å². The van der Waals surface area contributed by atoms with Gasteiger partial charge in [0.05, 0.1) is 0 Å². The number of hydrogen-bond acceptors (Lipinski definition) is 2. The van der Waals surface area contributed by atoms with E-state index in [1.54, 1.807) is 0 Å². The Balaban J connectivity index is 2.39. The molecule has 1 unspecified atom stereocenters. The molecule has 2 N–H and O–H groups in total. The molecule has 1 nitrogen and oxygen atoms in total. The molecule has 0 spiro atoms. The van der Waals surface area contributed by atoms with Gasteiger partial charge in [-0.1, -0.05) is 12.1 Å². The van der Waals surface area contributed by atoms with E-state index in [-0.39, 0.29) is 0 Å². The molecular formula is C11H15NS. The highest BCUT2D eigenvalue weighted by Crippen LogP contribution is 2.29. The molecule has 2 heteroatoms. The van der Waals surface area contributed by atoms with Crippen molar-refractivity contribution in [3.8, 4) is 0 Å². The second-order valence-corrected chi connectivity index (χ2v) is 4.45. The highest BCUT2D eigenvalue weighted by atomic mass is 32.2. The summed E-state index contributed by atoms with van der Waals surface area (Å²) in [6.07, 6.45) is 5.51. The minimum atomic E-state index is 0.379. The number of hydrogen-bond donors (Lipinski definition) is 1. The molecule has 0 fully saturated rings. The van der Waals surface area contributed by atoms with Crippen molar-refractivity contribution in [1.82, 2.24) is 0 Å². The number of fused-ring (bicyclic) bond motifs is 1. The van der Waals surface area contributed by atoms with E-state index < -0.39 is 0 Å². The fraction of sp³-hybridized carbons (Fsp3) is 0.455. The van der Waals surface area contributed by atoms with Crippen LogP contribution in [0.3, 0.4) is 0 Å². The molecule has 0 bridgehead atoms. The van der Waals surface area contributed by atoms with Crippen LogP contribution in [0.4, 0.5) is 0 Å². The maximum atomic E-state index is 5.93. The van der Waals surface area contributed by atoms with Crippen molar-refractivity contribution in [2.45, 2.75) is 30.2 Å². The van der Waals surface area contributed by atoms with Gasteiger partial charge in [0.1, 0.15) is 0 Å². The SMILES string of the molecule is CSc1cccc2c1CCC(N)C2. The molecule has 0 aliphatic heterocycles. The number of benzene rings is 1. The fourth-order valence-corrected chi connectivity index (χ4v) is 2.69. The van der Waals surface area contributed by atoms with Gasteiger partial charge in [0.25, 0.3) is 0 Å². The monoisotopic (exact) mass is 193 g/mol. The van der Waals surface area contributed by atoms with Crippen LogP contribution in [0.1, 0.15) is 17.5 Å². The maximum Gasteiger partial charge on any atom is 0.0104 e. The third-order valence-corrected chi connectivity index (χ3v) is 3.52. The first-order valence-electron chi connectivity index (χ1n) is 4.71. The predicted octanol–water partition coefficient (Wildman–Crippen LogP) is 2.22. The normalized spacial score (nSPS) is 21.2. The standard InChI is InChI=1S/C11H15NS/c1-13-11-4-2-3-8-7-9(12)5-6-10(8)11/h2-4,9H,5-7,12H2,1H3. The molecule has 0 amide bonds. The van der Waals surface area contributed by atoms with Crippen LogP contribution < -0.4 is 5.73 Å². The molecule has 0 radical (unpaired) electrons. The van der Waals surface area contributed by atoms with E-state index in [2.05, 4.69) is 24.5 Å². The van der Waals surface area contributed by atoms with E-state index in [0.717, 1.165) is 19.3 Å². The summed E-state index contributed by atoms with van der Waals surface area (Å²) in [6.45, 7) is 0. The molecule has 0 aromatic heterocycles. The first-order chi connectivity index (χ1) is 6.31. The zero-order valence-electron chi connectivity index (χ0n) is 7.92. The number of rotatable bonds is 1. The molecule has 0 heterocycles. The Morgan fingerprint density at radius 2 is 2.31 bits per heavy atom. The maximum absolute atomic E-state index is 5.93. The first-order valence-corrected chi connectivity index (χ1v) is 5.94. The van der Waals surface area contributed by atoms with Gasteiger partial charge in [0.15, 0.2) is 0 Å². The molecule has 1 atom stereocenters. The lowest BCUT2D eigenvalue weighted by Crippen LogP contribution is -2.28. The topological polar surface area (TPSA) is 26.0 Å². The number of thioether (sulfide) groups is 1. The van der Waals surface area contributed by atoms with Crippen LogP contribution in [0.5, 0.6) is 0 Å². The van der Waals surface area contributed by atoms with E-state index >= 15 is 0 Å². The summed E-state index contributed by atoms with van der Waals surface area (Å²) in [6, 6.07) is 6.95. The molecule has 13 heavy (non-hydrogen) atoms. The average molecular weight is 193 g/mol. The highest BCUT2D eigenvalue weighted by Gasteiger charge is 2.17. The van der Waals surface area contributed by atoms with E-state index in [4.69, 9.17) is 5.73 Å². The van der Waals surface area contributed by atoms with Gasteiger partial charge in [-0.15, -0.1) is 11.8 Å². The fourth-order valence-electron chi connectivity index (χ4n) is 1.99. The van der Waals surface area contributed by atoms with E-state index in [9.17, 15) is 0 Å². The summed E-state index contributed by atoms with van der Waals surface area (Å²) < 4.78 is 0. The summed E-state index contributed by atoms with van der Waals surface area (Å²) in [5.41, 5.74) is 8.94. The van der Waals surface area contributed by atoms with Crippen molar-refractivity contribution in [2.75, 3.05) is 6.26 Å². The zero-order chi connectivity index (χ0) is 9.26. The van der Waals surface area contributed by atoms with E-state index in [0.29, 0.717) is 6.04 Å². The van der Waals surface area contributed by atoms with Crippen LogP contribution >= 0.6 is 11.8 Å². The smallest absolute Gasteiger partial charge is 0.0104 e. The largest absolute Gasteiger partial charge is 0.327 e. The quantitative estimate of drug-likeness (QED) is 0.692. The van der Waals surface area contributed by atoms with Crippen LogP contribution in [-0.2, 0) is 12.8 Å². The molecule has 0 saturated carbocycles. The van der Waals surface area contributed by atoms with Gasteiger partial charge in [-0.05, 0) is 42.7 Å². The third-order valence-electron chi connectivity index (χ3n) is 2.70. The van der Waals surface area contributed by atoms with Crippen molar-refractivity contribution in [3.63, 3.8) is 0 Å². The second-order valence-electron chi connectivity index (χ2n) is 3.60. The summed E-state index contributed by atoms with van der Waals surface area (Å²) in [4.78, 5) is 1.43. The molecule has 70 valence electrons. The molecule has 2 rings (SSSR count). The minimum absolute atomic E-state index is 0.379. The molecule has 1 aliphatic carbocycles. The first kappa shape index (κ1) is 9.10. The molecule has 1 aliphatic rings. The van der Waals surface area contributed by atoms with Gasteiger partial charge in [-0.2, -0.15) is 0 Å². The van der Waals surface area contributed by atoms with Crippen molar-refractivity contribution in [2.24, 2.45) is 5.73 Å². The second kappa shape index (κ2) is 3.72. The van der Waals surface area contributed by atoms with Crippen LogP contribution in [-0.4, -0.2) is 12.3 Å². The van der Waals surface area contributed by atoms with Gasteiger partial charge in [-0.3, -0.25) is 0 Å². The Bertz CT molecular complexity index is 309. The Kier molecular flexibility index (Phi) is 2.61. The van der Waals surface area contributed by atoms with Crippen LogP contribution in [0, 0.1) is 0 Å². The van der Waals surface area contributed by atoms with Crippen molar-refractivity contribution >= 4 is 11.8 Å². The molecule has 1 aromatic carbocycles. The number of nitrogens with two attached hydrogens (primary N) is 1. The Labute approximate surface area is 83.7 Å². The molecule has 1 aromatic rings. The lowest BCUT2D eigenvalue weighted by molar-refractivity contribution is 0.571. The lowest BCUT2D eigenvalue weighted by Gasteiger charge is -2.23. The zero-order valence-corrected chi connectivity index (χ0v) is 8.73.